The molecule has 2 heterocycles. The number of anilines is 1. The summed E-state index contributed by atoms with van der Waals surface area (Å²) in [6.45, 7) is 3.33. The maximum atomic E-state index is 12.1. The van der Waals surface area contributed by atoms with Gasteiger partial charge in [-0.1, -0.05) is 18.5 Å². The van der Waals surface area contributed by atoms with Gasteiger partial charge in [-0.25, -0.2) is 4.79 Å². The highest BCUT2D eigenvalue weighted by Crippen LogP contribution is 2.51. The number of hydrogen-bond acceptors (Lipinski definition) is 5. The Labute approximate surface area is 158 Å². The van der Waals surface area contributed by atoms with Gasteiger partial charge in [-0.05, 0) is 61.5 Å². The normalized spacial score (nSPS) is 24.3. The molecule has 2 aliphatic rings. The molecule has 26 heavy (non-hydrogen) atoms. The summed E-state index contributed by atoms with van der Waals surface area (Å²) in [7, 11) is 4.27. The molecule has 1 unspecified atom stereocenters. The van der Waals surface area contributed by atoms with Gasteiger partial charge in [-0.15, -0.1) is 0 Å². The van der Waals surface area contributed by atoms with E-state index in [4.69, 9.17) is 21.1 Å². The van der Waals surface area contributed by atoms with Crippen molar-refractivity contribution in [2.45, 2.75) is 24.9 Å². The van der Waals surface area contributed by atoms with Gasteiger partial charge >= 0.3 is 6.16 Å². The summed E-state index contributed by atoms with van der Waals surface area (Å²) >= 11 is 5.83. The summed E-state index contributed by atoms with van der Waals surface area (Å²) in [5.41, 5.74) is 2.42. The second kappa shape index (κ2) is 6.18. The molecular weight excluding hydrogens is 352 g/mol. The summed E-state index contributed by atoms with van der Waals surface area (Å²) < 4.78 is 10.6. The third kappa shape index (κ3) is 2.72. The van der Waals surface area contributed by atoms with Crippen LogP contribution in [0, 0.1) is 0 Å². The molecule has 0 aromatic heterocycles. The van der Waals surface area contributed by atoms with E-state index in [-0.39, 0.29) is 5.41 Å². The molecule has 5 nitrogen and oxygen atoms in total. The molecule has 0 amide bonds. The minimum atomic E-state index is -0.760. The Kier molecular flexibility index (Phi) is 4.09. The first-order valence-electron chi connectivity index (χ1n) is 8.61. The van der Waals surface area contributed by atoms with Crippen molar-refractivity contribution in [1.29, 1.82) is 0 Å². The van der Waals surface area contributed by atoms with Crippen LogP contribution in [-0.4, -0.2) is 37.9 Å². The standard InChI is InChI=1S/C20H21ClN2O3/c1-20-10-11-22(2)18(20)23(3)17-9-8-15(12-16(17)20)26-19(24)25-14-6-4-13(21)5-7-14/h4-9,12,18H,10-11H2,1-3H3/t18?,20-/m0/s1. The molecule has 0 N–H and O–H groups in total. The first-order valence-corrected chi connectivity index (χ1v) is 8.99. The summed E-state index contributed by atoms with van der Waals surface area (Å²) in [6, 6.07) is 12.4. The van der Waals surface area contributed by atoms with Crippen molar-refractivity contribution in [3.8, 4) is 11.5 Å². The molecular formula is C20H21ClN2O3. The van der Waals surface area contributed by atoms with Gasteiger partial charge in [0.25, 0.3) is 0 Å². The number of likely N-dealkylation sites (N-methyl/N-ethyl adjacent to an activating group) is 2. The minimum Gasteiger partial charge on any atom is -0.395 e. The molecule has 0 radical (unpaired) electrons. The number of likely N-dealkylation sites (tertiary alicyclic amines) is 1. The summed E-state index contributed by atoms with van der Waals surface area (Å²) in [5, 5.41) is 0.581. The lowest BCUT2D eigenvalue weighted by molar-refractivity contribution is 0.152. The van der Waals surface area contributed by atoms with Gasteiger partial charge in [-0.3, -0.25) is 4.90 Å². The second-order valence-corrected chi connectivity index (χ2v) is 7.66. The Bertz CT molecular complexity index is 855. The first kappa shape index (κ1) is 17.2. The number of nitrogens with zero attached hydrogens (tertiary/aromatic N) is 2. The predicted octanol–water partition coefficient (Wildman–Crippen LogP) is 4.29. The van der Waals surface area contributed by atoms with Crippen LogP contribution in [0.25, 0.3) is 0 Å². The lowest BCUT2D eigenvalue weighted by Crippen LogP contribution is -2.45. The first-order chi connectivity index (χ1) is 12.4. The molecule has 4 rings (SSSR count). The molecule has 6 heteroatoms. The highest BCUT2D eigenvalue weighted by molar-refractivity contribution is 6.30. The zero-order chi connectivity index (χ0) is 18.5. The van der Waals surface area contributed by atoms with Crippen molar-refractivity contribution in [2.24, 2.45) is 0 Å². The topological polar surface area (TPSA) is 42.0 Å². The summed E-state index contributed by atoms with van der Waals surface area (Å²) in [6.07, 6.45) is 0.641. The van der Waals surface area contributed by atoms with Gasteiger partial charge in [0.15, 0.2) is 0 Å². The maximum absolute atomic E-state index is 12.1. The van der Waals surface area contributed by atoms with Gasteiger partial charge in [0.05, 0.1) is 6.17 Å². The largest absolute Gasteiger partial charge is 0.519 e. The highest BCUT2D eigenvalue weighted by Gasteiger charge is 2.52. The maximum Gasteiger partial charge on any atom is 0.519 e. The second-order valence-electron chi connectivity index (χ2n) is 7.22. The smallest absolute Gasteiger partial charge is 0.395 e. The fourth-order valence-corrected chi connectivity index (χ4v) is 4.46. The molecule has 2 atom stereocenters. The van der Waals surface area contributed by atoms with Crippen molar-refractivity contribution in [2.75, 3.05) is 25.5 Å². The Hall–Kier alpha value is -2.24. The molecule has 0 aliphatic carbocycles. The molecule has 2 aromatic rings. The predicted molar refractivity (Wildman–Crippen MR) is 101 cm³/mol. The molecule has 0 saturated carbocycles. The van der Waals surface area contributed by atoms with Gasteiger partial charge in [0, 0.05) is 29.7 Å². The van der Waals surface area contributed by atoms with Crippen LogP contribution < -0.4 is 14.4 Å². The van der Waals surface area contributed by atoms with Crippen LogP contribution >= 0.6 is 11.6 Å². The molecule has 1 fully saturated rings. The van der Waals surface area contributed by atoms with Crippen LogP contribution in [0.3, 0.4) is 0 Å². The molecule has 2 aliphatic heterocycles. The van der Waals surface area contributed by atoms with Crippen LogP contribution in [0.15, 0.2) is 42.5 Å². The molecule has 1 saturated heterocycles. The van der Waals surface area contributed by atoms with Crippen LogP contribution in [0.5, 0.6) is 11.5 Å². The van der Waals surface area contributed by atoms with Gasteiger partial charge in [0.1, 0.15) is 11.5 Å². The number of carbonyl (C=O) groups excluding carboxylic acids is 1. The van der Waals surface area contributed by atoms with Gasteiger partial charge < -0.3 is 14.4 Å². The van der Waals surface area contributed by atoms with Crippen molar-refractivity contribution in [3.05, 3.63) is 53.1 Å². The fourth-order valence-electron chi connectivity index (χ4n) is 4.33. The molecule has 0 bridgehead atoms. The third-order valence-corrected chi connectivity index (χ3v) is 5.77. The van der Waals surface area contributed by atoms with E-state index in [2.05, 4.69) is 30.8 Å². The van der Waals surface area contributed by atoms with E-state index in [0.717, 1.165) is 13.0 Å². The van der Waals surface area contributed by atoms with Crippen molar-refractivity contribution in [3.63, 3.8) is 0 Å². The number of fused-ring (bicyclic) bond motifs is 3. The van der Waals surface area contributed by atoms with Crippen molar-refractivity contribution >= 4 is 23.4 Å². The van der Waals surface area contributed by atoms with Gasteiger partial charge in [0.2, 0.25) is 0 Å². The Balaban J connectivity index is 1.54. The average Bonchev–Trinajstić information content (AvgIpc) is 3.03. The number of halogens is 1. The zero-order valence-electron chi connectivity index (χ0n) is 15.0. The Morgan fingerprint density at radius 2 is 1.77 bits per heavy atom. The minimum absolute atomic E-state index is 0.0261. The number of benzene rings is 2. The van der Waals surface area contributed by atoms with Crippen molar-refractivity contribution in [1.82, 2.24) is 4.90 Å². The van der Waals surface area contributed by atoms with Crippen LogP contribution in [-0.2, 0) is 5.41 Å². The van der Waals surface area contributed by atoms with E-state index < -0.39 is 6.16 Å². The molecule has 0 spiro atoms. The van der Waals surface area contributed by atoms with Crippen molar-refractivity contribution < 1.29 is 14.3 Å². The Morgan fingerprint density at radius 1 is 1.12 bits per heavy atom. The highest BCUT2D eigenvalue weighted by atomic mass is 35.5. The average molecular weight is 373 g/mol. The van der Waals surface area contributed by atoms with Crippen LogP contribution in [0.1, 0.15) is 18.9 Å². The number of ether oxygens (including phenoxy) is 2. The summed E-state index contributed by atoms with van der Waals surface area (Å²) in [4.78, 5) is 16.8. The number of rotatable bonds is 2. The Morgan fingerprint density at radius 3 is 2.50 bits per heavy atom. The molecule has 2 aromatic carbocycles. The quantitative estimate of drug-likeness (QED) is 0.581. The summed E-state index contributed by atoms with van der Waals surface area (Å²) in [5.74, 6) is 0.886. The molecule has 136 valence electrons. The van der Waals surface area contributed by atoms with E-state index in [1.807, 2.05) is 18.2 Å². The lowest BCUT2D eigenvalue weighted by atomic mass is 9.81. The van der Waals surface area contributed by atoms with E-state index in [1.165, 1.54) is 11.3 Å². The monoisotopic (exact) mass is 372 g/mol. The zero-order valence-corrected chi connectivity index (χ0v) is 15.8. The third-order valence-electron chi connectivity index (χ3n) is 5.52. The number of hydrogen-bond donors (Lipinski definition) is 0. The van der Waals surface area contributed by atoms with Crippen LogP contribution in [0.2, 0.25) is 5.02 Å². The number of carbonyl (C=O) groups is 1. The lowest BCUT2D eigenvalue weighted by Gasteiger charge is -2.32. The van der Waals surface area contributed by atoms with E-state index >= 15 is 0 Å². The fraction of sp³-hybridized carbons (Fsp3) is 0.350. The van der Waals surface area contributed by atoms with Crippen LogP contribution in [0.4, 0.5) is 10.5 Å². The SMILES string of the molecule is CN1CC[C@@]2(C)c3cc(OC(=O)Oc4ccc(Cl)cc4)ccc3N(C)C12. The van der Waals surface area contributed by atoms with E-state index in [9.17, 15) is 4.79 Å². The van der Waals surface area contributed by atoms with Gasteiger partial charge in [-0.2, -0.15) is 0 Å². The van der Waals surface area contributed by atoms with E-state index in [1.54, 1.807) is 24.3 Å². The van der Waals surface area contributed by atoms with E-state index in [0.29, 0.717) is 22.7 Å².